The third kappa shape index (κ3) is 3.94. The van der Waals surface area contributed by atoms with Crippen molar-refractivity contribution in [2.24, 2.45) is 0 Å². The Morgan fingerprint density at radius 2 is 2.00 bits per heavy atom. The fourth-order valence-corrected chi connectivity index (χ4v) is 2.07. The summed E-state index contributed by atoms with van der Waals surface area (Å²) in [6, 6.07) is 7.32. The first kappa shape index (κ1) is 15.8. The quantitative estimate of drug-likeness (QED) is 0.764. The van der Waals surface area contributed by atoms with Crippen LogP contribution in [0.25, 0.3) is 5.69 Å². The third-order valence-corrected chi connectivity index (χ3v) is 3.37. The SMILES string of the molecule is COC(=O)CCCN(C)C(=O)c1ccc(-n2ccnc2)cc1. The molecule has 0 aliphatic carbocycles. The highest BCUT2D eigenvalue weighted by molar-refractivity contribution is 5.94. The van der Waals surface area contributed by atoms with Crippen molar-refractivity contribution in [1.29, 1.82) is 0 Å². The summed E-state index contributed by atoms with van der Waals surface area (Å²) in [6.07, 6.45) is 6.15. The Kier molecular flexibility index (Phi) is 5.30. The van der Waals surface area contributed by atoms with Crippen molar-refractivity contribution in [3.8, 4) is 5.69 Å². The molecule has 0 bridgehead atoms. The molecule has 22 heavy (non-hydrogen) atoms. The Hall–Kier alpha value is -2.63. The minimum atomic E-state index is -0.259. The van der Waals surface area contributed by atoms with E-state index in [1.165, 1.54) is 7.11 Å². The van der Waals surface area contributed by atoms with Gasteiger partial charge in [0.1, 0.15) is 0 Å². The molecule has 0 N–H and O–H groups in total. The second-order valence-corrected chi connectivity index (χ2v) is 4.92. The molecule has 116 valence electrons. The van der Waals surface area contributed by atoms with Crippen LogP contribution in [0.2, 0.25) is 0 Å². The zero-order chi connectivity index (χ0) is 15.9. The van der Waals surface area contributed by atoms with Crippen LogP contribution in [0.3, 0.4) is 0 Å². The molecule has 1 amide bonds. The molecule has 0 fully saturated rings. The predicted octanol–water partition coefficient (Wildman–Crippen LogP) is 1.90. The maximum absolute atomic E-state index is 12.3. The fourth-order valence-electron chi connectivity index (χ4n) is 2.07. The monoisotopic (exact) mass is 301 g/mol. The van der Waals surface area contributed by atoms with Crippen LogP contribution in [-0.4, -0.2) is 47.0 Å². The molecule has 2 aromatic rings. The zero-order valence-electron chi connectivity index (χ0n) is 12.7. The second kappa shape index (κ2) is 7.40. The van der Waals surface area contributed by atoms with E-state index in [4.69, 9.17) is 0 Å². The van der Waals surface area contributed by atoms with Gasteiger partial charge in [0.2, 0.25) is 0 Å². The number of carbonyl (C=O) groups excluding carboxylic acids is 2. The molecule has 2 rings (SSSR count). The highest BCUT2D eigenvalue weighted by Gasteiger charge is 2.12. The third-order valence-electron chi connectivity index (χ3n) is 3.37. The van der Waals surface area contributed by atoms with Crippen molar-refractivity contribution in [3.05, 3.63) is 48.5 Å². The zero-order valence-corrected chi connectivity index (χ0v) is 12.7. The van der Waals surface area contributed by atoms with E-state index in [0.717, 1.165) is 5.69 Å². The van der Waals surface area contributed by atoms with Gasteiger partial charge in [0.05, 0.1) is 13.4 Å². The molecule has 1 aromatic carbocycles. The van der Waals surface area contributed by atoms with Gasteiger partial charge < -0.3 is 14.2 Å². The van der Waals surface area contributed by atoms with Gasteiger partial charge in [0.25, 0.3) is 5.91 Å². The molecule has 6 nitrogen and oxygen atoms in total. The first-order valence-electron chi connectivity index (χ1n) is 7.02. The molecule has 6 heteroatoms. The normalized spacial score (nSPS) is 10.3. The van der Waals surface area contributed by atoms with Crippen LogP contribution in [-0.2, 0) is 9.53 Å². The van der Waals surface area contributed by atoms with E-state index in [0.29, 0.717) is 24.9 Å². The predicted molar refractivity (Wildman–Crippen MR) is 81.8 cm³/mol. The smallest absolute Gasteiger partial charge is 0.305 e. The Labute approximate surface area is 129 Å². The summed E-state index contributed by atoms with van der Waals surface area (Å²) in [6.45, 7) is 0.511. The van der Waals surface area contributed by atoms with Crippen LogP contribution in [0.1, 0.15) is 23.2 Å². The first-order valence-corrected chi connectivity index (χ1v) is 7.02. The summed E-state index contributed by atoms with van der Waals surface area (Å²) in [4.78, 5) is 28.9. The number of esters is 1. The molecule has 0 aliphatic rings. The Balaban J connectivity index is 1.93. The molecule has 0 radical (unpaired) electrons. The summed E-state index contributed by atoms with van der Waals surface area (Å²) in [7, 11) is 3.09. The van der Waals surface area contributed by atoms with Crippen molar-refractivity contribution in [2.75, 3.05) is 20.7 Å². The van der Waals surface area contributed by atoms with E-state index in [9.17, 15) is 9.59 Å². The summed E-state index contributed by atoms with van der Waals surface area (Å²) in [5.74, 6) is -0.326. The van der Waals surface area contributed by atoms with E-state index < -0.39 is 0 Å². The van der Waals surface area contributed by atoms with Gasteiger partial charge in [0.15, 0.2) is 0 Å². The number of ether oxygens (including phenoxy) is 1. The summed E-state index contributed by atoms with van der Waals surface area (Å²) in [5.41, 5.74) is 1.56. The van der Waals surface area contributed by atoms with Gasteiger partial charge >= 0.3 is 5.97 Å². The van der Waals surface area contributed by atoms with Gasteiger partial charge in [-0.2, -0.15) is 0 Å². The van der Waals surface area contributed by atoms with Gasteiger partial charge in [0, 0.05) is 43.7 Å². The van der Waals surface area contributed by atoms with E-state index in [-0.39, 0.29) is 11.9 Å². The number of hydrogen-bond donors (Lipinski definition) is 0. The molecule has 1 heterocycles. The Morgan fingerprint density at radius 3 is 2.59 bits per heavy atom. The van der Waals surface area contributed by atoms with Gasteiger partial charge in [-0.05, 0) is 30.7 Å². The van der Waals surface area contributed by atoms with Crippen molar-refractivity contribution in [3.63, 3.8) is 0 Å². The van der Waals surface area contributed by atoms with E-state index in [1.807, 2.05) is 22.9 Å². The van der Waals surface area contributed by atoms with Crippen molar-refractivity contribution in [1.82, 2.24) is 14.5 Å². The number of carbonyl (C=O) groups is 2. The molecular weight excluding hydrogens is 282 g/mol. The number of nitrogens with zero attached hydrogens (tertiary/aromatic N) is 3. The molecule has 0 saturated heterocycles. The maximum Gasteiger partial charge on any atom is 0.305 e. The maximum atomic E-state index is 12.3. The summed E-state index contributed by atoms with van der Waals surface area (Å²) in [5, 5.41) is 0. The summed E-state index contributed by atoms with van der Waals surface area (Å²) < 4.78 is 6.45. The molecule has 1 aromatic heterocycles. The van der Waals surface area contributed by atoms with Gasteiger partial charge in [-0.3, -0.25) is 9.59 Å². The number of amides is 1. The van der Waals surface area contributed by atoms with Crippen molar-refractivity contribution >= 4 is 11.9 Å². The number of hydrogen-bond acceptors (Lipinski definition) is 4. The lowest BCUT2D eigenvalue weighted by atomic mass is 10.1. The molecular formula is C16H19N3O3. The number of methoxy groups -OCH3 is 1. The molecule has 0 aliphatic heterocycles. The van der Waals surface area contributed by atoms with Crippen LogP contribution in [0.5, 0.6) is 0 Å². The lowest BCUT2D eigenvalue weighted by Gasteiger charge is -2.17. The number of aromatic nitrogens is 2. The number of rotatable bonds is 6. The van der Waals surface area contributed by atoms with Gasteiger partial charge in [-0.15, -0.1) is 0 Å². The van der Waals surface area contributed by atoms with Crippen LogP contribution in [0.4, 0.5) is 0 Å². The molecule has 0 saturated carbocycles. The minimum Gasteiger partial charge on any atom is -0.469 e. The largest absolute Gasteiger partial charge is 0.469 e. The Bertz CT molecular complexity index is 621. The van der Waals surface area contributed by atoms with Gasteiger partial charge in [-0.1, -0.05) is 0 Å². The topological polar surface area (TPSA) is 64.4 Å². The number of imidazole rings is 1. The average molecular weight is 301 g/mol. The van der Waals surface area contributed by atoms with Gasteiger partial charge in [-0.25, -0.2) is 4.98 Å². The molecule has 0 unspecified atom stereocenters. The van der Waals surface area contributed by atoms with Crippen molar-refractivity contribution in [2.45, 2.75) is 12.8 Å². The lowest BCUT2D eigenvalue weighted by Crippen LogP contribution is -2.28. The highest BCUT2D eigenvalue weighted by Crippen LogP contribution is 2.11. The minimum absolute atomic E-state index is 0.0675. The van der Waals surface area contributed by atoms with Crippen LogP contribution in [0, 0.1) is 0 Å². The van der Waals surface area contributed by atoms with Crippen LogP contribution >= 0.6 is 0 Å². The van der Waals surface area contributed by atoms with E-state index in [1.54, 1.807) is 36.6 Å². The number of benzene rings is 1. The Morgan fingerprint density at radius 1 is 1.27 bits per heavy atom. The average Bonchev–Trinajstić information content (AvgIpc) is 3.08. The molecule has 0 spiro atoms. The van der Waals surface area contributed by atoms with E-state index in [2.05, 4.69) is 9.72 Å². The standard InChI is InChI=1S/C16H19N3O3/c1-18(10-3-4-15(20)22-2)16(21)13-5-7-14(8-6-13)19-11-9-17-12-19/h5-9,11-12H,3-4,10H2,1-2H3. The van der Waals surface area contributed by atoms with Crippen LogP contribution < -0.4 is 0 Å². The van der Waals surface area contributed by atoms with E-state index >= 15 is 0 Å². The second-order valence-electron chi connectivity index (χ2n) is 4.92. The lowest BCUT2D eigenvalue weighted by molar-refractivity contribution is -0.140. The highest BCUT2D eigenvalue weighted by atomic mass is 16.5. The molecule has 0 atom stereocenters. The van der Waals surface area contributed by atoms with Crippen molar-refractivity contribution < 1.29 is 14.3 Å². The van der Waals surface area contributed by atoms with Crippen LogP contribution in [0.15, 0.2) is 43.0 Å². The first-order chi connectivity index (χ1) is 10.6. The fraction of sp³-hybridized carbons (Fsp3) is 0.312. The summed E-state index contributed by atoms with van der Waals surface area (Å²) >= 11 is 0.